The van der Waals surface area contributed by atoms with Crippen molar-refractivity contribution in [1.29, 1.82) is 0 Å². The Morgan fingerprint density at radius 3 is 2.63 bits per heavy atom. The van der Waals surface area contributed by atoms with Gasteiger partial charge in [-0.2, -0.15) is 0 Å². The lowest BCUT2D eigenvalue weighted by molar-refractivity contribution is 0.247. The number of pyridine rings is 2. The van der Waals surface area contributed by atoms with Crippen LogP contribution in [0.15, 0.2) is 48.8 Å². The smallest absolute Gasteiger partial charge is 0.170 e. The van der Waals surface area contributed by atoms with Gasteiger partial charge in [0.1, 0.15) is 5.82 Å². The highest BCUT2D eigenvalue weighted by atomic mass is 32.1. The van der Waals surface area contributed by atoms with Crippen molar-refractivity contribution in [3.63, 3.8) is 0 Å². The molecule has 4 rings (SSSR count). The maximum atomic E-state index is 9.42. The Morgan fingerprint density at radius 2 is 1.93 bits per heavy atom. The van der Waals surface area contributed by atoms with E-state index in [9.17, 15) is 5.11 Å². The van der Waals surface area contributed by atoms with Crippen molar-refractivity contribution >= 4 is 17.3 Å². The maximum Gasteiger partial charge on any atom is 0.170 e. The summed E-state index contributed by atoms with van der Waals surface area (Å²) in [4.78, 5) is 11.4. The summed E-state index contributed by atoms with van der Waals surface area (Å²) in [5.74, 6) is 0.918. The molecule has 2 unspecified atom stereocenters. The van der Waals surface area contributed by atoms with Crippen LogP contribution in [0.2, 0.25) is 0 Å². The third-order valence-corrected chi connectivity index (χ3v) is 6.03. The molecule has 2 N–H and O–H groups in total. The van der Waals surface area contributed by atoms with Crippen molar-refractivity contribution in [3.8, 4) is 5.82 Å². The summed E-state index contributed by atoms with van der Waals surface area (Å²) in [6.45, 7) is 7.13. The summed E-state index contributed by atoms with van der Waals surface area (Å²) in [5, 5.41) is 13.6. The van der Waals surface area contributed by atoms with Gasteiger partial charge in [-0.05, 0) is 80.9 Å². The molecule has 0 amide bonds. The largest absolute Gasteiger partial charge is 0.396 e. The van der Waals surface area contributed by atoms with Crippen molar-refractivity contribution in [3.05, 3.63) is 77.0 Å². The summed E-state index contributed by atoms with van der Waals surface area (Å²) >= 11 is 5.69. The number of nitrogens with one attached hydrogen (secondary N) is 1. The van der Waals surface area contributed by atoms with Crippen LogP contribution in [0.5, 0.6) is 0 Å². The van der Waals surface area contributed by atoms with Gasteiger partial charge in [-0.1, -0.05) is 6.07 Å². The summed E-state index contributed by atoms with van der Waals surface area (Å²) in [6, 6.07) is 12.2. The lowest BCUT2D eigenvalue weighted by Gasteiger charge is -2.28. The molecule has 4 heterocycles. The van der Waals surface area contributed by atoms with Gasteiger partial charge in [-0.25, -0.2) is 4.98 Å². The lowest BCUT2D eigenvalue weighted by atomic mass is 9.96. The molecule has 0 bridgehead atoms. The zero-order chi connectivity index (χ0) is 21.3. The molecule has 3 aromatic rings. The quantitative estimate of drug-likeness (QED) is 0.594. The first-order valence-electron chi connectivity index (χ1n) is 10.2. The molecule has 1 saturated heterocycles. The first kappa shape index (κ1) is 20.5. The van der Waals surface area contributed by atoms with Crippen LogP contribution in [0, 0.1) is 20.8 Å². The van der Waals surface area contributed by atoms with Gasteiger partial charge >= 0.3 is 0 Å². The number of hydrogen-bond donors (Lipinski definition) is 2. The monoisotopic (exact) mass is 421 g/mol. The Hall–Kier alpha value is -2.77. The molecule has 0 saturated carbocycles. The van der Waals surface area contributed by atoms with Gasteiger partial charge in [0.25, 0.3) is 0 Å². The van der Waals surface area contributed by atoms with E-state index in [1.807, 2.05) is 36.7 Å². The van der Waals surface area contributed by atoms with E-state index >= 15 is 0 Å². The number of aliphatic hydroxyl groups excluding tert-OH is 1. The standard InChI is InChI=1S/C23H27N5OS/c1-15-8-10-25-20(13-15)28-16(2)14-18(17(28)3)22-21(19-7-4-5-9-24-19)26-23(30)27(22)11-6-12-29/h4-5,7-10,13-14,21-22,29H,6,11-12H2,1-3H3,(H,26,30). The Kier molecular flexibility index (Phi) is 5.83. The van der Waals surface area contributed by atoms with E-state index in [2.05, 4.69) is 57.7 Å². The molecule has 3 aromatic heterocycles. The van der Waals surface area contributed by atoms with Crippen LogP contribution in [0.3, 0.4) is 0 Å². The minimum Gasteiger partial charge on any atom is -0.396 e. The topological polar surface area (TPSA) is 66.2 Å². The average Bonchev–Trinajstić information content (AvgIpc) is 3.22. The average molecular weight is 422 g/mol. The van der Waals surface area contributed by atoms with Crippen LogP contribution < -0.4 is 5.32 Å². The third-order valence-electron chi connectivity index (χ3n) is 5.67. The minimum atomic E-state index is -0.0585. The van der Waals surface area contributed by atoms with Crippen molar-refractivity contribution in [1.82, 2.24) is 24.8 Å². The SMILES string of the molecule is Cc1ccnc(-n2c(C)cc(C3C(c4ccccn4)NC(=S)N3CCCO)c2C)c1. The van der Waals surface area contributed by atoms with Crippen molar-refractivity contribution in [2.45, 2.75) is 39.3 Å². The number of thiocarbonyl (C=S) groups is 1. The predicted molar refractivity (Wildman–Crippen MR) is 122 cm³/mol. The van der Waals surface area contributed by atoms with Crippen molar-refractivity contribution in [2.24, 2.45) is 0 Å². The lowest BCUT2D eigenvalue weighted by Crippen LogP contribution is -2.31. The Bertz CT molecular complexity index is 1050. The second kappa shape index (κ2) is 8.53. The molecular formula is C23H27N5OS. The molecule has 0 spiro atoms. The maximum absolute atomic E-state index is 9.42. The van der Waals surface area contributed by atoms with Crippen LogP contribution in [0.4, 0.5) is 0 Å². The van der Waals surface area contributed by atoms with Crippen LogP contribution in [0.25, 0.3) is 5.82 Å². The van der Waals surface area contributed by atoms with Gasteiger partial charge in [0.05, 0.1) is 17.8 Å². The summed E-state index contributed by atoms with van der Waals surface area (Å²) in [6.07, 6.45) is 4.32. The van der Waals surface area contributed by atoms with Gasteiger partial charge in [0, 0.05) is 36.9 Å². The number of hydrogen-bond acceptors (Lipinski definition) is 4. The molecule has 1 aliphatic heterocycles. The van der Waals surface area contributed by atoms with Gasteiger partial charge in [-0.3, -0.25) is 4.98 Å². The fourth-order valence-electron chi connectivity index (χ4n) is 4.31. The number of rotatable bonds is 6. The van der Waals surface area contributed by atoms with Gasteiger partial charge in [0.15, 0.2) is 5.11 Å². The van der Waals surface area contributed by atoms with Crippen LogP contribution in [-0.4, -0.2) is 42.8 Å². The van der Waals surface area contributed by atoms with Crippen LogP contribution in [0.1, 0.15) is 46.7 Å². The van der Waals surface area contributed by atoms with Crippen LogP contribution in [-0.2, 0) is 0 Å². The van der Waals surface area contributed by atoms with E-state index in [1.54, 1.807) is 0 Å². The van der Waals surface area contributed by atoms with Crippen LogP contribution >= 0.6 is 12.2 Å². The van der Waals surface area contributed by atoms with E-state index < -0.39 is 0 Å². The van der Waals surface area contributed by atoms with E-state index in [0.29, 0.717) is 18.1 Å². The molecule has 156 valence electrons. The molecule has 1 aliphatic rings. The highest BCUT2D eigenvalue weighted by molar-refractivity contribution is 7.80. The zero-order valence-corrected chi connectivity index (χ0v) is 18.4. The molecule has 30 heavy (non-hydrogen) atoms. The first-order valence-corrected chi connectivity index (χ1v) is 10.6. The number of aliphatic hydroxyl groups is 1. The molecule has 1 fully saturated rings. The zero-order valence-electron chi connectivity index (χ0n) is 17.5. The second-order valence-electron chi connectivity index (χ2n) is 7.75. The van der Waals surface area contributed by atoms with E-state index in [-0.39, 0.29) is 18.7 Å². The molecular weight excluding hydrogens is 394 g/mol. The van der Waals surface area contributed by atoms with Gasteiger partial charge in [-0.15, -0.1) is 0 Å². The van der Waals surface area contributed by atoms with Crippen molar-refractivity contribution in [2.75, 3.05) is 13.2 Å². The summed E-state index contributed by atoms with van der Waals surface area (Å²) < 4.78 is 2.20. The predicted octanol–water partition coefficient (Wildman–Crippen LogP) is 3.55. The molecule has 7 heteroatoms. The molecule has 6 nitrogen and oxygen atoms in total. The number of aryl methyl sites for hydroxylation is 2. The van der Waals surface area contributed by atoms with E-state index in [0.717, 1.165) is 22.9 Å². The number of aromatic nitrogens is 3. The minimum absolute atomic E-state index is 0.0105. The first-order chi connectivity index (χ1) is 14.5. The van der Waals surface area contributed by atoms with E-state index in [1.165, 1.54) is 11.1 Å². The Labute approximate surface area is 182 Å². The van der Waals surface area contributed by atoms with Gasteiger partial charge < -0.3 is 19.9 Å². The normalized spacial score (nSPS) is 18.7. The highest BCUT2D eigenvalue weighted by Crippen LogP contribution is 2.41. The number of nitrogens with zero attached hydrogens (tertiary/aromatic N) is 4. The van der Waals surface area contributed by atoms with Crippen molar-refractivity contribution < 1.29 is 5.11 Å². The molecule has 0 radical (unpaired) electrons. The second-order valence-corrected chi connectivity index (χ2v) is 8.14. The summed E-state index contributed by atoms with van der Waals surface area (Å²) in [7, 11) is 0. The fraction of sp³-hybridized carbons (Fsp3) is 0.348. The van der Waals surface area contributed by atoms with E-state index in [4.69, 9.17) is 12.2 Å². The van der Waals surface area contributed by atoms with Gasteiger partial charge in [0.2, 0.25) is 0 Å². The third kappa shape index (κ3) is 3.70. The Morgan fingerprint density at radius 1 is 1.10 bits per heavy atom. The molecule has 0 aromatic carbocycles. The summed E-state index contributed by atoms with van der Waals surface area (Å²) in [5.41, 5.74) is 5.58. The highest BCUT2D eigenvalue weighted by Gasteiger charge is 2.41. The molecule has 2 atom stereocenters. The molecule has 0 aliphatic carbocycles. The fourth-order valence-corrected chi connectivity index (χ4v) is 4.64. The Balaban J connectivity index is 1.82.